The third-order valence-corrected chi connectivity index (χ3v) is 5.04. The number of hydrogen-bond donors (Lipinski definition) is 2. The van der Waals surface area contributed by atoms with Crippen molar-refractivity contribution in [2.45, 2.75) is 13.3 Å². The Hall–Kier alpha value is -1.37. The lowest BCUT2D eigenvalue weighted by Gasteiger charge is -2.13. The average Bonchev–Trinajstić information content (AvgIpc) is 2.68. The van der Waals surface area contributed by atoms with Crippen molar-refractivity contribution >= 4 is 21.5 Å². The van der Waals surface area contributed by atoms with E-state index in [1.54, 1.807) is 0 Å². The van der Waals surface area contributed by atoms with Gasteiger partial charge in [0.25, 0.3) is 0 Å². The van der Waals surface area contributed by atoms with E-state index in [1.807, 2.05) is 14.0 Å². The van der Waals surface area contributed by atoms with Crippen LogP contribution in [0.5, 0.6) is 0 Å². The molecule has 1 saturated heterocycles. The molecule has 0 aliphatic carbocycles. The molecule has 2 rings (SSSR count). The van der Waals surface area contributed by atoms with E-state index in [1.165, 1.54) is 6.33 Å². The maximum absolute atomic E-state index is 11.4. The molecule has 1 atom stereocenters. The Morgan fingerprint density at radius 2 is 2.11 bits per heavy atom. The molecule has 1 aliphatic rings. The second kappa shape index (κ2) is 5.09. The van der Waals surface area contributed by atoms with E-state index in [2.05, 4.69) is 20.6 Å². The summed E-state index contributed by atoms with van der Waals surface area (Å²) in [6.07, 6.45) is 2.23. The predicted octanol–water partition coefficient (Wildman–Crippen LogP) is 0.673. The summed E-state index contributed by atoms with van der Waals surface area (Å²) >= 11 is 0. The van der Waals surface area contributed by atoms with E-state index in [-0.39, 0.29) is 11.7 Å². The van der Waals surface area contributed by atoms with Crippen LogP contribution in [0.4, 0.5) is 11.6 Å². The highest BCUT2D eigenvalue weighted by atomic mass is 32.2. The van der Waals surface area contributed by atoms with Crippen molar-refractivity contribution in [1.82, 2.24) is 9.97 Å². The summed E-state index contributed by atoms with van der Waals surface area (Å²) < 4.78 is 22.7. The van der Waals surface area contributed by atoms with E-state index in [4.69, 9.17) is 0 Å². The minimum atomic E-state index is -2.81. The molecule has 0 aromatic carbocycles. The van der Waals surface area contributed by atoms with Crippen molar-refractivity contribution in [2.75, 3.05) is 35.7 Å². The summed E-state index contributed by atoms with van der Waals surface area (Å²) in [6, 6.07) is 0. The zero-order chi connectivity index (χ0) is 13.2. The Labute approximate surface area is 107 Å². The van der Waals surface area contributed by atoms with Crippen molar-refractivity contribution < 1.29 is 8.42 Å². The molecule has 2 heterocycles. The van der Waals surface area contributed by atoms with Gasteiger partial charge in [-0.2, -0.15) is 0 Å². The van der Waals surface area contributed by atoms with Crippen LogP contribution in [0.3, 0.4) is 0 Å². The zero-order valence-electron chi connectivity index (χ0n) is 10.6. The normalized spacial score (nSPS) is 21.8. The van der Waals surface area contributed by atoms with Crippen LogP contribution >= 0.6 is 0 Å². The number of sulfone groups is 1. The Bertz CT molecular complexity index is 530. The molecule has 1 aromatic rings. The van der Waals surface area contributed by atoms with Gasteiger partial charge in [-0.15, -0.1) is 0 Å². The van der Waals surface area contributed by atoms with Crippen LogP contribution in [0.2, 0.25) is 0 Å². The molecular formula is C11H18N4O2S. The monoisotopic (exact) mass is 270 g/mol. The Balaban J connectivity index is 1.99. The largest absolute Gasteiger partial charge is 0.373 e. The molecule has 1 fully saturated rings. The lowest BCUT2D eigenvalue weighted by atomic mass is 10.1. The van der Waals surface area contributed by atoms with E-state index >= 15 is 0 Å². The minimum absolute atomic E-state index is 0.183. The number of nitrogens with one attached hydrogen (secondary N) is 2. The van der Waals surface area contributed by atoms with Crippen molar-refractivity contribution in [2.24, 2.45) is 5.92 Å². The van der Waals surface area contributed by atoms with E-state index in [0.29, 0.717) is 12.3 Å². The van der Waals surface area contributed by atoms with E-state index in [0.717, 1.165) is 23.6 Å². The molecule has 2 N–H and O–H groups in total. The van der Waals surface area contributed by atoms with Crippen molar-refractivity contribution in [3.8, 4) is 0 Å². The molecule has 1 unspecified atom stereocenters. The van der Waals surface area contributed by atoms with Gasteiger partial charge in [-0.05, 0) is 19.3 Å². The summed E-state index contributed by atoms with van der Waals surface area (Å²) in [5.41, 5.74) is 0.945. The molecule has 0 spiro atoms. The standard InChI is InChI=1S/C11H18N4O2S/c1-8-10(12-2)14-7-15-11(8)13-5-9-3-4-18(16,17)6-9/h7,9H,3-6H2,1-2H3,(H2,12,13,14,15). The smallest absolute Gasteiger partial charge is 0.150 e. The molecule has 0 radical (unpaired) electrons. The van der Waals surface area contributed by atoms with Gasteiger partial charge in [0.1, 0.15) is 18.0 Å². The second-order valence-electron chi connectivity index (χ2n) is 4.60. The highest BCUT2D eigenvalue weighted by Crippen LogP contribution is 2.21. The molecule has 1 aromatic heterocycles. The molecule has 0 amide bonds. The van der Waals surface area contributed by atoms with E-state index < -0.39 is 9.84 Å². The van der Waals surface area contributed by atoms with Gasteiger partial charge in [-0.3, -0.25) is 0 Å². The van der Waals surface area contributed by atoms with E-state index in [9.17, 15) is 8.42 Å². The van der Waals surface area contributed by atoms with Crippen molar-refractivity contribution in [3.05, 3.63) is 11.9 Å². The molecule has 18 heavy (non-hydrogen) atoms. The van der Waals surface area contributed by atoms with Gasteiger partial charge < -0.3 is 10.6 Å². The topological polar surface area (TPSA) is 84.0 Å². The van der Waals surface area contributed by atoms with Gasteiger partial charge in [0.2, 0.25) is 0 Å². The summed E-state index contributed by atoms with van der Waals surface area (Å²) in [6.45, 7) is 2.57. The van der Waals surface area contributed by atoms with Gasteiger partial charge in [-0.25, -0.2) is 18.4 Å². The van der Waals surface area contributed by atoms with Crippen molar-refractivity contribution in [3.63, 3.8) is 0 Å². The van der Waals surface area contributed by atoms with Crippen LogP contribution in [0, 0.1) is 12.8 Å². The number of nitrogens with zero attached hydrogens (tertiary/aromatic N) is 2. The van der Waals surface area contributed by atoms with Crippen LogP contribution < -0.4 is 10.6 Å². The first kappa shape index (κ1) is 13.1. The van der Waals surface area contributed by atoms with Crippen LogP contribution in [0.25, 0.3) is 0 Å². The summed E-state index contributed by atoms with van der Waals surface area (Å²) in [5, 5.41) is 6.20. The molecule has 6 nitrogen and oxygen atoms in total. The summed E-state index contributed by atoms with van der Waals surface area (Å²) in [4.78, 5) is 8.27. The van der Waals surface area contributed by atoms with Gasteiger partial charge in [0.05, 0.1) is 11.5 Å². The predicted molar refractivity (Wildman–Crippen MR) is 71.6 cm³/mol. The lowest BCUT2D eigenvalue weighted by molar-refractivity contribution is 0.595. The number of aromatic nitrogens is 2. The fourth-order valence-corrected chi connectivity index (χ4v) is 4.02. The van der Waals surface area contributed by atoms with Crippen LogP contribution in [-0.4, -0.2) is 43.5 Å². The van der Waals surface area contributed by atoms with Gasteiger partial charge in [-0.1, -0.05) is 0 Å². The number of anilines is 2. The molecular weight excluding hydrogens is 252 g/mol. The van der Waals surface area contributed by atoms with Crippen LogP contribution in [0.1, 0.15) is 12.0 Å². The first-order valence-corrected chi connectivity index (χ1v) is 7.77. The van der Waals surface area contributed by atoms with Crippen molar-refractivity contribution in [1.29, 1.82) is 0 Å². The third kappa shape index (κ3) is 2.90. The fourth-order valence-electron chi connectivity index (χ4n) is 2.15. The minimum Gasteiger partial charge on any atom is -0.373 e. The van der Waals surface area contributed by atoms with Crippen LogP contribution in [-0.2, 0) is 9.84 Å². The average molecular weight is 270 g/mol. The maximum Gasteiger partial charge on any atom is 0.150 e. The second-order valence-corrected chi connectivity index (χ2v) is 6.82. The molecule has 0 saturated carbocycles. The Morgan fingerprint density at radius 3 is 2.72 bits per heavy atom. The fraction of sp³-hybridized carbons (Fsp3) is 0.636. The number of hydrogen-bond acceptors (Lipinski definition) is 6. The quantitative estimate of drug-likeness (QED) is 0.836. The van der Waals surface area contributed by atoms with Crippen LogP contribution in [0.15, 0.2) is 6.33 Å². The SMILES string of the molecule is CNc1ncnc(NCC2CCS(=O)(=O)C2)c1C. The zero-order valence-corrected chi connectivity index (χ0v) is 11.4. The molecule has 0 bridgehead atoms. The maximum atomic E-state index is 11.4. The highest BCUT2D eigenvalue weighted by Gasteiger charge is 2.27. The van der Waals surface area contributed by atoms with Gasteiger partial charge in [0, 0.05) is 19.2 Å². The summed E-state index contributed by atoms with van der Waals surface area (Å²) in [7, 11) is -1.000. The molecule has 1 aliphatic heterocycles. The summed E-state index contributed by atoms with van der Waals surface area (Å²) in [5.74, 6) is 2.32. The third-order valence-electron chi connectivity index (χ3n) is 3.21. The Morgan fingerprint density at radius 1 is 1.39 bits per heavy atom. The first-order chi connectivity index (χ1) is 8.52. The molecule has 7 heteroatoms. The number of rotatable bonds is 4. The lowest BCUT2D eigenvalue weighted by Crippen LogP contribution is -2.17. The van der Waals surface area contributed by atoms with Gasteiger partial charge >= 0.3 is 0 Å². The van der Waals surface area contributed by atoms with Gasteiger partial charge in [0.15, 0.2) is 9.84 Å². The first-order valence-electron chi connectivity index (χ1n) is 5.95. The Kier molecular flexibility index (Phi) is 3.70. The molecule has 100 valence electrons. The highest BCUT2D eigenvalue weighted by molar-refractivity contribution is 7.91.